The van der Waals surface area contributed by atoms with Crippen LogP contribution in [0.4, 0.5) is 5.69 Å². The number of rotatable bonds is 5. The van der Waals surface area contributed by atoms with Crippen molar-refractivity contribution in [2.75, 3.05) is 11.9 Å². The van der Waals surface area contributed by atoms with Crippen molar-refractivity contribution in [2.45, 2.75) is 0 Å². The third-order valence-corrected chi connectivity index (χ3v) is 3.46. The molecule has 6 heteroatoms. The number of carbonyl (C=O) groups is 1. The number of nitrogens with zero attached hydrogens (tertiary/aromatic N) is 2. The Morgan fingerprint density at radius 2 is 1.96 bits per heavy atom. The third-order valence-electron chi connectivity index (χ3n) is 3.15. The molecule has 1 aromatic heterocycles. The van der Waals surface area contributed by atoms with Crippen LogP contribution in [0.3, 0.4) is 0 Å². The van der Waals surface area contributed by atoms with Gasteiger partial charge in [0.1, 0.15) is 5.75 Å². The van der Waals surface area contributed by atoms with Crippen LogP contribution in [0, 0.1) is 0 Å². The third kappa shape index (κ3) is 3.90. The summed E-state index contributed by atoms with van der Waals surface area (Å²) in [6.07, 6.45) is 5.28. The lowest BCUT2D eigenvalue weighted by Gasteiger charge is -2.09. The fourth-order valence-electron chi connectivity index (χ4n) is 2.03. The number of carbonyl (C=O) groups excluding carboxylic acids is 1. The number of benzene rings is 2. The van der Waals surface area contributed by atoms with Crippen molar-refractivity contribution in [1.82, 2.24) is 9.55 Å². The van der Waals surface area contributed by atoms with Crippen LogP contribution in [0.25, 0.3) is 5.69 Å². The highest BCUT2D eigenvalue weighted by Crippen LogP contribution is 2.23. The number of hydrogen-bond donors (Lipinski definition) is 1. The Bertz CT molecular complexity index is 786. The first kappa shape index (κ1) is 15.1. The summed E-state index contributed by atoms with van der Waals surface area (Å²) in [6.45, 7) is -0.104. The molecule has 116 valence electrons. The van der Waals surface area contributed by atoms with Gasteiger partial charge >= 0.3 is 0 Å². The largest absolute Gasteiger partial charge is 0.482 e. The molecule has 0 aliphatic carbocycles. The molecule has 0 saturated carbocycles. The van der Waals surface area contributed by atoms with Gasteiger partial charge in [0.05, 0.1) is 11.3 Å². The maximum atomic E-state index is 11.9. The molecule has 0 radical (unpaired) electrons. The topological polar surface area (TPSA) is 56.1 Å². The molecular formula is C17H14ClN3O2. The summed E-state index contributed by atoms with van der Waals surface area (Å²) in [5.41, 5.74) is 1.66. The van der Waals surface area contributed by atoms with Gasteiger partial charge in [-0.15, -0.1) is 0 Å². The second-order valence-corrected chi connectivity index (χ2v) is 5.19. The van der Waals surface area contributed by atoms with E-state index in [9.17, 15) is 4.79 Å². The first-order chi connectivity index (χ1) is 11.2. The van der Waals surface area contributed by atoms with Crippen LogP contribution in [-0.2, 0) is 4.79 Å². The summed E-state index contributed by atoms with van der Waals surface area (Å²) in [7, 11) is 0. The maximum absolute atomic E-state index is 11.9. The Labute approximate surface area is 138 Å². The molecule has 2 aromatic carbocycles. The molecule has 5 nitrogen and oxygen atoms in total. The molecule has 0 bridgehead atoms. The molecule has 3 rings (SSSR count). The molecule has 23 heavy (non-hydrogen) atoms. The van der Waals surface area contributed by atoms with Crippen molar-refractivity contribution in [2.24, 2.45) is 0 Å². The average Bonchev–Trinajstić information content (AvgIpc) is 3.09. The summed E-state index contributed by atoms with van der Waals surface area (Å²) < 4.78 is 7.28. The van der Waals surface area contributed by atoms with Crippen molar-refractivity contribution >= 4 is 23.2 Å². The van der Waals surface area contributed by atoms with E-state index in [0.29, 0.717) is 16.5 Å². The van der Waals surface area contributed by atoms with E-state index < -0.39 is 0 Å². The van der Waals surface area contributed by atoms with Gasteiger partial charge in [-0.3, -0.25) is 4.79 Å². The van der Waals surface area contributed by atoms with E-state index >= 15 is 0 Å². The van der Waals surface area contributed by atoms with Crippen molar-refractivity contribution < 1.29 is 9.53 Å². The van der Waals surface area contributed by atoms with Crippen LogP contribution in [0.5, 0.6) is 5.75 Å². The Kier molecular flexibility index (Phi) is 4.59. The number of nitrogens with one attached hydrogen (secondary N) is 1. The van der Waals surface area contributed by atoms with E-state index in [0.717, 1.165) is 5.69 Å². The van der Waals surface area contributed by atoms with Gasteiger partial charge in [-0.05, 0) is 36.4 Å². The molecule has 3 aromatic rings. The second kappa shape index (κ2) is 6.98. The quantitative estimate of drug-likeness (QED) is 0.779. The van der Waals surface area contributed by atoms with Crippen molar-refractivity contribution in [3.8, 4) is 11.4 Å². The van der Waals surface area contributed by atoms with E-state index in [1.165, 1.54) is 0 Å². The zero-order chi connectivity index (χ0) is 16.1. The van der Waals surface area contributed by atoms with Crippen LogP contribution in [0.1, 0.15) is 0 Å². The molecule has 0 atom stereocenters. The van der Waals surface area contributed by atoms with E-state index in [-0.39, 0.29) is 12.5 Å². The fraction of sp³-hybridized carbons (Fsp3) is 0.0588. The lowest BCUT2D eigenvalue weighted by Crippen LogP contribution is -2.20. The first-order valence-electron chi connectivity index (χ1n) is 6.98. The lowest BCUT2D eigenvalue weighted by molar-refractivity contribution is -0.118. The Morgan fingerprint density at radius 1 is 1.17 bits per heavy atom. The van der Waals surface area contributed by atoms with E-state index in [2.05, 4.69) is 10.3 Å². The maximum Gasteiger partial charge on any atom is 0.262 e. The molecule has 0 saturated heterocycles. The number of anilines is 1. The van der Waals surface area contributed by atoms with Crippen molar-refractivity contribution in [1.29, 1.82) is 0 Å². The molecule has 0 aliphatic rings. The van der Waals surface area contributed by atoms with E-state index in [1.54, 1.807) is 36.8 Å². The predicted molar refractivity (Wildman–Crippen MR) is 89.1 cm³/mol. The second-order valence-electron chi connectivity index (χ2n) is 4.78. The Morgan fingerprint density at radius 3 is 2.65 bits per heavy atom. The summed E-state index contributed by atoms with van der Waals surface area (Å²) in [5.74, 6) is 0.236. The van der Waals surface area contributed by atoms with Crippen LogP contribution in [-0.4, -0.2) is 22.1 Å². The average molecular weight is 328 g/mol. The molecule has 0 aliphatic heterocycles. The lowest BCUT2D eigenvalue weighted by atomic mass is 10.2. The first-order valence-corrected chi connectivity index (χ1v) is 7.36. The molecule has 0 spiro atoms. The molecule has 0 unspecified atom stereocenters. The number of imidazole rings is 1. The van der Waals surface area contributed by atoms with Gasteiger partial charge in [0.25, 0.3) is 5.91 Å². The molecule has 1 amide bonds. The molecule has 1 heterocycles. The zero-order valence-electron chi connectivity index (χ0n) is 12.1. The minimum atomic E-state index is -0.250. The SMILES string of the molecule is O=C(COc1ccccc1Cl)Nc1ccc(-n2ccnc2)cc1. The van der Waals surface area contributed by atoms with Gasteiger partial charge in [-0.25, -0.2) is 4.98 Å². The minimum absolute atomic E-state index is 0.104. The number of aromatic nitrogens is 2. The number of ether oxygens (including phenoxy) is 1. The van der Waals surface area contributed by atoms with Gasteiger partial charge in [-0.2, -0.15) is 0 Å². The highest BCUT2D eigenvalue weighted by atomic mass is 35.5. The number of amides is 1. The Hall–Kier alpha value is -2.79. The molecular weight excluding hydrogens is 314 g/mol. The van der Waals surface area contributed by atoms with E-state index in [4.69, 9.17) is 16.3 Å². The summed E-state index contributed by atoms with van der Waals surface area (Å²) in [5, 5.41) is 3.25. The van der Waals surface area contributed by atoms with Crippen LogP contribution < -0.4 is 10.1 Å². The standard InChI is InChI=1S/C17H14ClN3O2/c18-15-3-1-2-4-16(15)23-11-17(22)20-13-5-7-14(8-6-13)21-10-9-19-12-21/h1-10,12H,11H2,(H,20,22). The summed E-state index contributed by atoms with van der Waals surface area (Å²) in [4.78, 5) is 15.9. The highest BCUT2D eigenvalue weighted by Gasteiger charge is 2.06. The van der Waals surface area contributed by atoms with Gasteiger partial charge in [0, 0.05) is 23.8 Å². The van der Waals surface area contributed by atoms with Gasteiger partial charge in [-0.1, -0.05) is 23.7 Å². The van der Waals surface area contributed by atoms with Crippen LogP contribution >= 0.6 is 11.6 Å². The number of halogens is 1. The van der Waals surface area contributed by atoms with Gasteiger partial charge < -0.3 is 14.6 Å². The van der Waals surface area contributed by atoms with Gasteiger partial charge in [0.15, 0.2) is 6.61 Å². The van der Waals surface area contributed by atoms with E-state index in [1.807, 2.05) is 35.0 Å². The monoisotopic (exact) mass is 327 g/mol. The van der Waals surface area contributed by atoms with Crippen molar-refractivity contribution in [3.05, 3.63) is 72.3 Å². The fourth-order valence-corrected chi connectivity index (χ4v) is 2.22. The number of para-hydroxylation sites is 1. The van der Waals surface area contributed by atoms with Crippen molar-refractivity contribution in [3.63, 3.8) is 0 Å². The predicted octanol–water partition coefficient (Wildman–Crippen LogP) is 3.54. The Balaban J connectivity index is 1.57. The molecule has 1 N–H and O–H groups in total. The highest BCUT2D eigenvalue weighted by molar-refractivity contribution is 6.32. The van der Waals surface area contributed by atoms with Gasteiger partial charge in [0.2, 0.25) is 0 Å². The zero-order valence-corrected chi connectivity index (χ0v) is 12.9. The smallest absolute Gasteiger partial charge is 0.262 e. The summed E-state index contributed by atoms with van der Waals surface area (Å²) >= 11 is 5.97. The molecule has 0 fully saturated rings. The minimum Gasteiger partial charge on any atom is -0.482 e. The van der Waals surface area contributed by atoms with Crippen LogP contribution in [0.15, 0.2) is 67.3 Å². The normalized spacial score (nSPS) is 10.3. The summed E-state index contributed by atoms with van der Waals surface area (Å²) in [6, 6.07) is 14.5. The van der Waals surface area contributed by atoms with Crippen LogP contribution in [0.2, 0.25) is 5.02 Å². The number of hydrogen-bond acceptors (Lipinski definition) is 3.